The molecule has 0 aromatic carbocycles. The van der Waals surface area contributed by atoms with Crippen molar-refractivity contribution in [2.45, 2.75) is 45.2 Å². The number of carbonyl (C=O) groups is 1. The van der Waals surface area contributed by atoms with Crippen LogP contribution < -0.4 is 11.0 Å². The number of fused-ring (bicyclic) bond motifs is 2. The molecule has 4 heterocycles. The largest absolute Gasteiger partial charge is 0.354 e. The molecule has 0 saturated carbocycles. The third-order valence-electron chi connectivity index (χ3n) is 4.63. The van der Waals surface area contributed by atoms with E-state index in [0.29, 0.717) is 19.5 Å². The molecule has 0 fully saturated rings. The Balaban J connectivity index is 1.35. The van der Waals surface area contributed by atoms with Gasteiger partial charge in [0.05, 0.1) is 0 Å². The molecule has 0 radical (unpaired) electrons. The first kappa shape index (κ1) is 16.5. The number of aromatic nitrogens is 6. The Morgan fingerprint density at radius 1 is 1.19 bits per heavy atom. The van der Waals surface area contributed by atoms with E-state index in [0.717, 1.165) is 43.0 Å². The summed E-state index contributed by atoms with van der Waals surface area (Å²) in [5.41, 5.74) is 0.584. The molecular weight excluding hydrogens is 334 g/mol. The number of carbonyl (C=O) groups excluding carboxylic acids is 1. The highest BCUT2D eigenvalue weighted by Gasteiger charge is 2.17. The molecule has 0 atom stereocenters. The van der Waals surface area contributed by atoms with Crippen LogP contribution in [0.15, 0.2) is 29.2 Å². The Morgan fingerprint density at radius 3 is 3.04 bits per heavy atom. The quantitative estimate of drug-likeness (QED) is 0.703. The fourth-order valence-corrected chi connectivity index (χ4v) is 3.30. The lowest BCUT2D eigenvalue weighted by Crippen LogP contribution is -2.34. The second-order valence-electron chi connectivity index (χ2n) is 6.46. The van der Waals surface area contributed by atoms with Crippen LogP contribution in [0, 0.1) is 0 Å². The van der Waals surface area contributed by atoms with E-state index < -0.39 is 0 Å². The summed E-state index contributed by atoms with van der Waals surface area (Å²) in [5, 5.41) is 15.4. The molecule has 0 spiro atoms. The first-order valence-electron chi connectivity index (χ1n) is 8.94. The van der Waals surface area contributed by atoms with E-state index in [9.17, 15) is 9.59 Å². The van der Waals surface area contributed by atoms with Crippen LogP contribution in [0.1, 0.15) is 30.9 Å². The van der Waals surface area contributed by atoms with Crippen molar-refractivity contribution in [1.82, 2.24) is 34.3 Å². The molecule has 0 saturated heterocycles. The molecule has 1 aliphatic heterocycles. The normalized spacial score (nSPS) is 14.2. The van der Waals surface area contributed by atoms with E-state index in [1.165, 1.54) is 4.68 Å². The maximum atomic E-state index is 12.4. The summed E-state index contributed by atoms with van der Waals surface area (Å²) in [6, 6.07) is 5.69. The Labute approximate surface area is 149 Å². The molecule has 0 unspecified atom stereocenters. The van der Waals surface area contributed by atoms with Crippen molar-refractivity contribution in [2.24, 2.45) is 0 Å². The van der Waals surface area contributed by atoms with Crippen LogP contribution in [0.3, 0.4) is 0 Å². The van der Waals surface area contributed by atoms with Crippen molar-refractivity contribution in [3.05, 3.63) is 46.5 Å². The Kier molecular flexibility index (Phi) is 4.51. The molecule has 26 heavy (non-hydrogen) atoms. The number of nitrogens with one attached hydrogen (secondary N) is 1. The molecule has 0 bridgehead atoms. The first-order valence-corrected chi connectivity index (χ1v) is 8.94. The van der Waals surface area contributed by atoms with Crippen molar-refractivity contribution in [3.63, 3.8) is 0 Å². The van der Waals surface area contributed by atoms with Gasteiger partial charge in [-0.15, -0.1) is 10.2 Å². The minimum absolute atomic E-state index is 0.0561. The predicted molar refractivity (Wildman–Crippen MR) is 93.7 cm³/mol. The maximum Gasteiger partial charge on any atom is 0.346 e. The number of aryl methyl sites for hydroxylation is 1. The van der Waals surface area contributed by atoms with E-state index in [1.807, 2.05) is 28.8 Å². The van der Waals surface area contributed by atoms with Gasteiger partial charge in [0.25, 0.3) is 0 Å². The molecule has 9 nitrogen and oxygen atoms in total. The smallest absolute Gasteiger partial charge is 0.346 e. The highest BCUT2D eigenvalue weighted by Crippen LogP contribution is 2.10. The summed E-state index contributed by atoms with van der Waals surface area (Å²) in [4.78, 5) is 24.5. The zero-order valence-electron chi connectivity index (χ0n) is 14.5. The van der Waals surface area contributed by atoms with Gasteiger partial charge in [-0.2, -0.15) is 5.10 Å². The van der Waals surface area contributed by atoms with Crippen LogP contribution in [-0.2, 0) is 30.7 Å². The zero-order chi connectivity index (χ0) is 17.9. The van der Waals surface area contributed by atoms with Crippen LogP contribution in [0.5, 0.6) is 0 Å². The van der Waals surface area contributed by atoms with Gasteiger partial charge >= 0.3 is 5.69 Å². The molecule has 0 aliphatic carbocycles. The van der Waals surface area contributed by atoms with Crippen LogP contribution in [0.4, 0.5) is 0 Å². The van der Waals surface area contributed by atoms with Crippen LogP contribution in [0.25, 0.3) is 5.65 Å². The monoisotopic (exact) mass is 355 g/mol. The third kappa shape index (κ3) is 3.24. The lowest BCUT2D eigenvalue weighted by molar-refractivity contribution is -0.121. The standard InChI is InChI=1S/C17H21N7O2/c25-16(12-24-17(26)23-11-4-1-2-7-15(23)21-24)18-9-8-14-20-19-13-6-3-5-10-22(13)14/h3,5-6,10H,1-2,4,7-9,11-12H2,(H,18,25). The van der Waals surface area contributed by atoms with Gasteiger partial charge in [0.1, 0.15) is 18.2 Å². The topological polar surface area (TPSA) is 99.1 Å². The summed E-state index contributed by atoms with van der Waals surface area (Å²) < 4.78 is 4.86. The van der Waals surface area contributed by atoms with Gasteiger partial charge < -0.3 is 5.32 Å². The van der Waals surface area contributed by atoms with Crippen LogP contribution >= 0.6 is 0 Å². The Morgan fingerprint density at radius 2 is 2.12 bits per heavy atom. The van der Waals surface area contributed by atoms with Crippen LogP contribution in [0.2, 0.25) is 0 Å². The lowest BCUT2D eigenvalue weighted by atomic mass is 10.2. The molecule has 1 N–H and O–H groups in total. The summed E-state index contributed by atoms with van der Waals surface area (Å²) in [6.07, 6.45) is 6.38. The number of amides is 1. The second-order valence-corrected chi connectivity index (χ2v) is 6.46. The van der Waals surface area contributed by atoms with E-state index in [1.54, 1.807) is 4.57 Å². The summed E-state index contributed by atoms with van der Waals surface area (Å²) in [7, 11) is 0. The first-order chi connectivity index (χ1) is 12.7. The average Bonchev–Trinajstić information content (AvgIpc) is 3.07. The third-order valence-corrected chi connectivity index (χ3v) is 4.63. The molecule has 1 aliphatic rings. The van der Waals surface area contributed by atoms with E-state index >= 15 is 0 Å². The van der Waals surface area contributed by atoms with Gasteiger partial charge in [-0.1, -0.05) is 12.5 Å². The lowest BCUT2D eigenvalue weighted by Gasteiger charge is -2.04. The molecule has 9 heteroatoms. The van der Waals surface area contributed by atoms with E-state index in [4.69, 9.17) is 0 Å². The van der Waals surface area contributed by atoms with Gasteiger partial charge in [0.2, 0.25) is 5.91 Å². The highest BCUT2D eigenvalue weighted by molar-refractivity contribution is 5.75. The molecule has 3 aromatic heterocycles. The number of hydrogen-bond acceptors (Lipinski definition) is 5. The predicted octanol–water partition coefficient (Wildman–Crippen LogP) is 0.173. The summed E-state index contributed by atoms with van der Waals surface area (Å²) in [6.45, 7) is 1.06. The molecule has 1 amide bonds. The Bertz CT molecular complexity index is 985. The number of rotatable bonds is 5. The summed E-state index contributed by atoms with van der Waals surface area (Å²) in [5.74, 6) is 1.34. The number of hydrogen-bond donors (Lipinski definition) is 1. The van der Waals surface area contributed by atoms with Gasteiger partial charge in [0, 0.05) is 32.1 Å². The highest BCUT2D eigenvalue weighted by atomic mass is 16.2. The molecule has 136 valence electrons. The van der Waals surface area contributed by atoms with Gasteiger partial charge in [-0.05, 0) is 25.0 Å². The van der Waals surface area contributed by atoms with Gasteiger partial charge in [-0.25, -0.2) is 9.48 Å². The van der Waals surface area contributed by atoms with Crippen molar-refractivity contribution in [1.29, 1.82) is 0 Å². The van der Waals surface area contributed by atoms with Gasteiger partial charge in [-0.3, -0.25) is 13.8 Å². The van der Waals surface area contributed by atoms with Crippen molar-refractivity contribution >= 4 is 11.6 Å². The minimum atomic E-state index is -0.228. The zero-order valence-corrected chi connectivity index (χ0v) is 14.5. The van der Waals surface area contributed by atoms with Gasteiger partial charge in [0.15, 0.2) is 5.65 Å². The Hall–Kier alpha value is -2.97. The minimum Gasteiger partial charge on any atom is -0.354 e. The maximum absolute atomic E-state index is 12.4. The van der Waals surface area contributed by atoms with Crippen LogP contribution in [-0.4, -0.2) is 41.4 Å². The fraction of sp³-hybridized carbons (Fsp3) is 0.471. The molecule has 4 rings (SSSR count). The SMILES string of the molecule is O=C(Cn1nc2n(c1=O)CCCCC2)NCCc1nnc2ccccn12. The average molecular weight is 355 g/mol. The van der Waals surface area contributed by atoms with Crippen molar-refractivity contribution in [3.8, 4) is 0 Å². The second kappa shape index (κ2) is 7.11. The number of nitrogens with zero attached hydrogens (tertiary/aromatic N) is 6. The molecule has 3 aromatic rings. The van der Waals surface area contributed by atoms with Crippen molar-refractivity contribution in [2.75, 3.05) is 6.54 Å². The van der Waals surface area contributed by atoms with Crippen molar-refractivity contribution < 1.29 is 4.79 Å². The fourth-order valence-electron chi connectivity index (χ4n) is 3.30. The number of pyridine rings is 1. The van der Waals surface area contributed by atoms with E-state index in [-0.39, 0.29) is 18.1 Å². The summed E-state index contributed by atoms with van der Waals surface area (Å²) >= 11 is 0. The van der Waals surface area contributed by atoms with E-state index in [2.05, 4.69) is 20.6 Å². The molecular formula is C17H21N7O2.